The number of aromatic amines is 1. The normalized spacial score (nSPS) is 10.3. The van der Waals surface area contributed by atoms with Crippen LogP contribution >= 0.6 is 11.6 Å². The zero-order valence-corrected chi connectivity index (χ0v) is 8.88. The molecular formula is C11H9ClN2O. The van der Waals surface area contributed by atoms with E-state index in [0.717, 1.165) is 11.1 Å². The molecule has 1 heterocycles. The van der Waals surface area contributed by atoms with E-state index in [-0.39, 0.29) is 5.56 Å². The van der Waals surface area contributed by atoms with E-state index in [4.69, 9.17) is 11.6 Å². The van der Waals surface area contributed by atoms with E-state index in [9.17, 15) is 4.79 Å². The van der Waals surface area contributed by atoms with E-state index in [0.29, 0.717) is 10.6 Å². The summed E-state index contributed by atoms with van der Waals surface area (Å²) in [6.07, 6.45) is 2.92. The molecule has 2 rings (SSSR count). The molecular weight excluding hydrogens is 212 g/mol. The van der Waals surface area contributed by atoms with Crippen molar-refractivity contribution in [3.8, 4) is 11.1 Å². The minimum Gasteiger partial charge on any atom is -0.313 e. The second kappa shape index (κ2) is 3.87. The molecule has 0 spiro atoms. The third-order valence-electron chi connectivity index (χ3n) is 2.20. The first-order chi connectivity index (χ1) is 7.18. The molecule has 1 N–H and O–H groups in total. The highest BCUT2D eigenvalue weighted by molar-refractivity contribution is 6.30. The number of hydrogen-bond acceptors (Lipinski definition) is 2. The highest BCUT2D eigenvalue weighted by Crippen LogP contribution is 2.22. The SMILES string of the molecule is Cc1cc(Cl)ccc1-c1cnc[nH]c1=O. The number of aryl methyl sites for hydroxylation is 1. The van der Waals surface area contributed by atoms with Crippen molar-refractivity contribution in [2.24, 2.45) is 0 Å². The summed E-state index contributed by atoms with van der Waals surface area (Å²) in [7, 11) is 0. The third kappa shape index (κ3) is 1.92. The molecule has 15 heavy (non-hydrogen) atoms. The van der Waals surface area contributed by atoms with Crippen LogP contribution in [0.2, 0.25) is 5.02 Å². The minimum absolute atomic E-state index is 0.143. The Balaban J connectivity index is 2.65. The van der Waals surface area contributed by atoms with E-state index >= 15 is 0 Å². The number of H-pyrrole nitrogens is 1. The topological polar surface area (TPSA) is 45.8 Å². The monoisotopic (exact) mass is 220 g/mol. The number of hydrogen-bond donors (Lipinski definition) is 1. The van der Waals surface area contributed by atoms with Crippen LogP contribution in [0, 0.1) is 6.92 Å². The number of nitrogens with zero attached hydrogens (tertiary/aromatic N) is 1. The molecule has 0 fully saturated rings. The fourth-order valence-corrected chi connectivity index (χ4v) is 1.69. The Labute approximate surface area is 91.8 Å². The van der Waals surface area contributed by atoms with Crippen LogP contribution in [0.4, 0.5) is 0 Å². The summed E-state index contributed by atoms with van der Waals surface area (Å²) in [5, 5.41) is 0.663. The van der Waals surface area contributed by atoms with E-state index in [1.54, 1.807) is 12.3 Å². The minimum atomic E-state index is -0.143. The number of halogens is 1. The smallest absolute Gasteiger partial charge is 0.258 e. The first-order valence-electron chi connectivity index (χ1n) is 4.47. The lowest BCUT2D eigenvalue weighted by molar-refractivity contribution is 1.12. The summed E-state index contributed by atoms with van der Waals surface area (Å²) >= 11 is 5.84. The highest BCUT2D eigenvalue weighted by Gasteiger charge is 2.06. The van der Waals surface area contributed by atoms with Gasteiger partial charge in [0.2, 0.25) is 0 Å². The first-order valence-corrected chi connectivity index (χ1v) is 4.85. The summed E-state index contributed by atoms with van der Waals surface area (Å²) in [5.41, 5.74) is 2.23. The Morgan fingerprint density at radius 3 is 2.80 bits per heavy atom. The first kappa shape index (κ1) is 9.93. The molecule has 1 aromatic carbocycles. The summed E-state index contributed by atoms with van der Waals surface area (Å²) in [6.45, 7) is 1.91. The van der Waals surface area contributed by atoms with Gasteiger partial charge in [0.15, 0.2) is 0 Å². The zero-order chi connectivity index (χ0) is 10.8. The molecule has 4 heteroatoms. The lowest BCUT2D eigenvalue weighted by atomic mass is 10.0. The molecule has 1 aromatic heterocycles. The van der Waals surface area contributed by atoms with Crippen molar-refractivity contribution in [3.63, 3.8) is 0 Å². The Morgan fingerprint density at radius 1 is 1.33 bits per heavy atom. The van der Waals surface area contributed by atoms with Gasteiger partial charge in [0.05, 0.1) is 11.9 Å². The van der Waals surface area contributed by atoms with Gasteiger partial charge in [-0.1, -0.05) is 17.7 Å². The van der Waals surface area contributed by atoms with Gasteiger partial charge in [-0.2, -0.15) is 0 Å². The average Bonchev–Trinajstić information content (AvgIpc) is 2.20. The largest absolute Gasteiger partial charge is 0.313 e. The maximum atomic E-state index is 11.5. The van der Waals surface area contributed by atoms with Crippen molar-refractivity contribution in [1.29, 1.82) is 0 Å². The van der Waals surface area contributed by atoms with Gasteiger partial charge in [-0.3, -0.25) is 4.79 Å². The maximum absolute atomic E-state index is 11.5. The van der Waals surface area contributed by atoms with Gasteiger partial charge in [-0.05, 0) is 30.2 Å². The molecule has 0 atom stereocenters. The van der Waals surface area contributed by atoms with Crippen LogP contribution < -0.4 is 5.56 Å². The molecule has 0 saturated carbocycles. The van der Waals surface area contributed by atoms with Gasteiger partial charge in [0, 0.05) is 11.2 Å². The lowest BCUT2D eigenvalue weighted by Crippen LogP contribution is -2.08. The van der Waals surface area contributed by atoms with Crippen molar-refractivity contribution in [1.82, 2.24) is 9.97 Å². The predicted molar refractivity (Wildman–Crippen MR) is 60.0 cm³/mol. The molecule has 0 aliphatic carbocycles. The summed E-state index contributed by atoms with van der Waals surface area (Å²) in [5.74, 6) is 0. The van der Waals surface area contributed by atoms with Crippen molar-refractivity contribution < 1.29 is 0 Å². The van der Waals surface area contributed by atoms with Crippen LogP contribution in [0.5, 0.6) is 0 Å². The fourth-order valence-electron chi connectivity index (χ4n) is 1.47. The molecule has 0 radical (unpaired) electrons. The summed E-state index contributed by atoms with van der Waals surface area (Å²) < 4.78 is 0. The number of aromatic nitrogens is 2. The molecule has 0 aliphatic heterocycles. The van der Waals surface area contributed by atoms with Crippen LogP contribution in [-0.2, 0) is 0 Å². The summed E-state index contributed by atoms with van der Waals surface area (Å²) in [4.78, 5) is 18.0. The average molecular weight is 221 g/mol. The van der Waals surface area contributed by atoms with Gasteiger partial charge in [-0.15, -0.1) is 0 Å². The number of nitrogens with one attached hydrogen (secondary N) is 1. The molecule has 0 amide bonds. The molecule has 0 aliphatic rings. The van der Waals surface area contributed by atoms with Crippen molar-refractivity contribution in [2.75, 3.05) is 0 Å². The Hall–Kier alpha value is -1.61. The standard InChI is InChI=1S/C11H9ClN2O/c1-7-4-8(12)2-3-9(7)10-5-13-6-14-11(10)15/h2-6H,1H3,(H,13,14,15). The van der Waals surface area contributed by atoms with Crippen LogP contribution in [0.1, 0.15) is 5.56 Å². The maximum Gasteiger partial charge on any atom is 0.258 e. The molecule has 2 aromatic rings. The summed E-state index contributed by atoms with van der Waals surface area (Å²) in [6, 6.07) is 5.41. The quantitative estimate of drug-likeness (QED) is 0.802. The Bertz CT molecular complexity index is 548. The molecule has 76 valence electrons. The lowest BCUT2D eigenvalue weighted by Gasteiger charge is -2.04. The Morgan fingerprint density at radius 2 is 2.13 bits per heavy atom. The van der Waals surface area contributed by atoms with E-state index in [1.165, 1.54) is 6.33 Å². The van der Waals surface area contributed by atoms with Gasteiger partial charge in [0.1, 0.15) is 0 Å². The van der Waals surface area contributed by atoms with Gasteiger partial charge < -0.3 is 4.98 Å². The van der Waals surface area contributed by atoms with Crippen molar-refractivity contribution in [2.45, 2.75) is 6.92 Å². The second-order valence-corrected chi connectivity index (χ2v) is 3.69. The Kier molecular flexibility index (Phi) is 2.56. The predicted octanol–water partition coefficient (Wildman–Crippen LogP) is 2.40. The van der Waals surface area contributed by atoms with E-state index in [1.807, 2.05) is 19.1 Å². The third-order valence-corrected chi connectivity index (χ3v) is 2.43. The zero-order valence-electron chi connectivity index (χ0n) is 8.12. The molecule has 0 bridgehead atoms. The number of benzene rings is 1. The van der Waals surface area contributed by atoms with Crippen LogP contribution in [-0.4, -0.2) is 9.97 Å². The highest BCUT2D eigenvalue weighted by atomic mass is 35.5. The van der Waals surface area contributed by atoms with Crippen LogP contribution in [0.25, 0.3) is 11.1 Å². The molecule has 3 nitrogen and oxygen atoms in total. The number of rotatable bonds is 1. The van der Waals surface area contributed by atoms with Crippen LogP contribution in [0.15, 0.2) is 35.5 Å². The van der Waals surface area contributed by atoms with E-state index < -0.39 is 0 Å². The van der Waals surface area contributed by atoms with Gasteiger partial charge in [-0.25, -0.2) is 4.98 Å². The fraction of sp³-hybridized carbons (Fsp3) is 0.0909. The van der Waals surface area contributed by atoms with Crippen molar-refractivity contribution >= 4 is 11.6 Å². The second-order valence-electron chi connectivity index (χ2n) is 3.25. The van der Waals surface area contributed by atoms with Gasteiger partial charge in [0.25, 0.3) is 5.56 Å². The van der Waals surface area contributed by atoms with Crippen molar-refractivity contribution in [3.05, 3.63) is 51.7 Å². The van der Waals surface area contributed by atoms with Crippen LogP contribution in [0.3, 0.4) is 0 Å². The molecule has 0 unspecified atom stereocenters. The van der Waals surface area contributed by atoms with E-state index in [2.05, 4.69) is 9.97 Å². The molecule has 0 saturated heterocycles. The van der Waals surface area contributed by atoms with Gasteiger partial charge >= 0.3 is 0 Å².